The van der Waals surface area contributed by atoms with Crippen molar-refractivity contribution >= 4 is 5.78 Å². The topological polar surface area (TPSA) is 114 Å². The van der Waals surface area contributed by atoms with Crippen LogP contribution in [0.3, 0.4) is 0 Å². The largest absolute Gasteiger partial charge is 0.507 e. The first-order valence-corrected chi connectivity index (χ1v) is 16.4. The fourth-order valence-corrected chi connectivity index (χ4v) is 10.7. The zero-order valence-corrected chi connectivity index (χ0v) is 25.7. The van der Waals surface area contributed by atoms with Crippen LogP contribution in [0.2, 0.25) is 0 Å². The molecule has 3 fully saturated rings. The number of aromatic hydroxyl groups is 1. The van der Waals surface area contributed by atoms with Crippen LogP contribution in [0.15, 0.2) is 36.4 Å². The van der Waals surface area contributed by atoms with Crippen LogP contribution in [0, 0.1) is 11.8 Å². The first-order valence-electron chi connectivity index (χ1n) is 16.4. The van der Waals surface area contributed by atoms with E-state index >= 15 is 0 Å². The summed E-state index contributed by atoms with van der Waals surface area (Å²) in [6.07, 6.45) is 9.39. The number of carbonyl (C=O) groups excluding carboxylic acids is 1. The smallest absolute Gasteiger partial charge is 0.138 e. The zero-order valence-electron chi connectivity index (χ0n) is 25.7. The van der Waals surface area contributed by atoms with Crippen LogP contribution in [0.5, 0.6) is 11.5 Å². The van der Waals surface area contributed by atoms with Crippen LogP contribution in [0.25, 0.3) is 0 Å². The molecule has 234 valence electrons. The number of phenols is 1. The van der Waals surface area contributed by atoms with Crippen LogP contribution in [-0.4, -0.2) is 87.5 Å². The van der Waals surface area contributed by atoms with E-state index in [1.165, 1.54) is 11.1 Å². The van der Waals surface area contributed by atoms with Gasteiger partial charge in [0.2, 0.25) is 0 Å². The quantitative estimate of drug-likeness (QED) is 0.390. The van der Waals surface area contributed by atoms with E-state index in [0.717, 1.165) is 67.6 Å². The Morgan fingerprint density at radius 2 is 1.59 bits per heavy atom. The minimum atomic E-state index is -0.565. The molecular formula is C36H44N2O6. The maximum absolute atomic E-state index is 12.2. The van der Waals surface area contributed by atoms with Crippen LogP contribution >= 0.6 is 0 Å². The summed E-state index contributed by atoms with van der Waals surface area (Å²) < 4.78 is 6.27. The van der Waals surface area contributed by atoms with Crippen molar-refractivity contribution < 1.29 is 30.0 Å². The molecule has 4 bridgehead atoms. The van der Waals surface area contributed by atoms with E-state index in [9.17, 15) is 25.2 Å². The molecule has 1 spiro atoms. The van der Waals surface area contributed by atoms with Crippen LogP contribution in [0.1, 0.15) is 65.5 Å². The molecule has 2 aromatic rings. The molecule has 3 heterocycles. The first-order chi connectivity index (χ1) is 21.2. The number of likely N-dealkylation sites (tertiary alicyclic amines) is 2. The molecule has 4 aliphatic carbocycles. The Balaban J connectivity index is 0.000000131. The fourth-order valence-electron chi connectivity index (χ4n) is 10.7. The van der Waals surface area contributed by atoms with Crippen molar-refractivity contribution in [2.75, 3.05) is 27.2 Å². The standard InChI is InChI=1S/C18H21NO3.C18H23NO3/c1-19-7-6-18-12-4-5-14(21)17(18)22-16-11(9-20)3-2-10(15(16)18)8-13(12)19;1-19-7-6-18-9-13(21)4-5-14(18)15(19)8-11-2-3-12(10-20)17(22)16(11)18/h2-5,12-14,17,20-21H,6-9H2,1H3;2-3,14-15,20,22H,4-10H2,1H3/t12-,13+,14-,17-,18-;14-,15+,18-/m00/s1. The minimum Gasteiger partial charge on any atom is -0.507 e. The Morgan fingerprint density at radius 3 is 2.36 bits per heavy atom. The van der Waals surface area contributed by atoms with Crippen LogP contribution in [0.4, 0.5) is 0 Å². The maximum Gasteiger partial charge on any atom is 0.138 e. The van der Waals surface area contributed by atoms with Crippen molar-refractivity contribution in [1.29, 1.82) is 0 Å². The maximum atomic E-state index is 12.2. The summed E-state index contributed by atoms with van der Waals surface area (Å²) >= 11 is 0. The van der Waals surface area contributed by atoms with E-state index in [2.05, 4.69) is 36.0 Å². The van der Waals surface area contributed by atoms with Gasteiger partial charge in [-0.2, -0.15) is 0 Å². The zero-order chi connectivity index (χ0) is 30.5. The number of ether oxygens (including phenoxy) is 1. The van der Waals surface area contributed by atoms with Crippen LogP contribution < -0.4 is 4.74 Å². The molecule has 2 aromatic carbocycles. The van der Waals surface area contributed by atoms with Gasteiger partial charge in [0.1, 0.15) is 29.5 Å². The van der Waals surface area contributed by atoms with Gasteiger partial charge in [0.25, 0.3) is 0 Å². The number of rotatable bonds is 2. The van der Waals surface area contributed by atoms with Gasteiger partial charge in [0.05, 0.1) is 13.2 Å². The Labute approximate surface area is 258 Å². The molecule has 44 heavy (non-hydrogen) atoms. The SMILES string of the molecule is CN1CC[C@]23CC(=O)CC[C@H]2[C@H]1Cc1ccc(CO)c(O)c13.CN1CC[C@]23c4c5ccc(CO)c4O[C@H]2[C@@H](O)C=C[C@H]3[C@H]1C5. The Kier molecular flexibility index (Phi) is 6.61. The molecule has 8 nitrogen and oxygen atoms in total. The normalized spacial score (nSPS) is 37.7. The number of benzene rings is 2. The van der Waals surface area contributed by atoms with E-state index < -0.39 is 6.10 Å². The lowest BCUT2D eigenvalue weighted by Gasteiger charge is -2.58. The third kappa shape index (κ3) is 3.72. The fraction of sp³-hybridized carbons (Fsp3) is 0.583. The predicted octanol–water partition coefficient (Wildman–Crippen LogP) is 2.74. The van der Waals surface area contributed by atoms with E-state index in [0.29, 0.717) is 48.1 Å². The lowest BCUT2D eigenvalue weighted by molar-refractivity contribution is -0.126. The van der Waals surface area contributed by atoms with Crippen molar-refractivity contribution in [2.45, 2.75) is 93.3 Å². The molecule has 0 radical (unpaired) electrons. The van der Waals surface area contributed by atoms with Gasteiger partial charge in [-0.25, -0.2) is 0 Å². The molecular weight excluding hydrogens is 556 g/mol. The third-order valence-electron chi connectivity index (χ3n) is 12.8. The highest BCUT2D eigenvalue weighted by molar-refractivity contribution is 5.82. The number of fused-ring (bicyclic) bond motifs is 1. The predicted molar refractivity (Wildman–Crippen MR) is 165 cm³/mol. The molecule has 1 saturated carbocycles. The van der Waals surface area contributed by atoms with Crippen molar-refractivity contribution in [3.8, 4) is 11.5 Å². The molecule has 8 atom stereocenters. The van der Waals surface area contributed by atoms with E-state index in [4.69, 9.17) is 4.74 Å². The number of nitrogens with zero attached hydrogens (tertiary/aromatic N) is 2. The van der Waals surface area contributed by atoms with Gasteiger partial charge in [-0.05, 0) is 76.3 Å². The average molecular weight is 601 g/mol. The Hall–Kier alpha value is -2.75. The van der Waals surface area contributed by atoms with Crippen molar-refractivity contribution in [2.24, 2.45) is 11.8 Å². The van der Waals surface area contributed by atoms with Gasteiger partial charge < -0.3 is 35.0 Å². The summed E-state index contributed by atoms with van der Waals surface area (Å²) in [5, 5.41) is 40.5. The van der Waals surface area contributed by atoms with Crippen molar-refractivity contribution in [3.63, 3.8) is 0 Å². The van der Waals surface area contributed by atoms with E-state index in [1.807, 2.05) is 24.3 Å². The van der Waals surface area contributed by atoms with Gasteiger partial charge in [-0.3, -0.25) is 4.79 Å². The molecule has 7 aliphatic rings. The molecule has 4 N–H and O–H groups in total. The van der Waals surface area contributed by atoms with E-state index in [-0.39, 0.29) is 35.9 Å². The number of hydrogen-bond acceptors (Lipinski definition) is 8. The number of ketones is 1. The molecule has 0 amide bonds. The Morgan fingerprint density at radius 1 is 0.909 bits per heavy atom. The second-order valence-corrected chi connectivity index (χ2v) is 14.5. The van der Waals surface area contributed by atoms with Crippen LogP contribution in [-0.2, 0) is 41.7 Å². The second-order valence-electron chi connectivity index (χ2n) is 14.5. The average Bonchev–Trinajstić information content (AvgIpc) is 3.38. The number of hydrogen-bond donors (Lipinski definition) is 4. The molecule has 0 aromatic heterocycles. The van der Waals surface area contributed by atoms with Gasteiger partial charge >= 0.3 is 0 Å². The molecule has 2 saturated heterocycles. The summed E-state index contributed by atoms with van der Waals surface area (Å²) in [7, 11) is 4.38. The molecule has 0 unspecified atom stereocenters. The third-order valence-corrected chi connectivity index (χ3v) is 12.8. The van der Waals surface area contributed by atoms with Gasteiger partial charge in [0.15, 0.2) is 0 Å². The van der Waals surface area contributed by atoms with Crippen molar-refractivity contribution in [1.82, 2.24) is 9.80 Å². The number of Topliss-reactive ketones (excluding diaryl/α,β-unsaturated/α-hetero) is 1. The summed E-state index contributed by atoms with van der Waals surface area (Å²) in [6, 6.07) is 8.95. The Bertz CT molecular complexity index is 1550. The van der Waals surface area contributed by atoms with Gasteiger partial charge in [-0.15, -0.1) is 0 Å². The lowest BCUT2D eigenvalue weighted by atomic mass is 9.52. The summed E-state index contributed by atoms with van der Waals surface area (Å²) in [6.45, 7) is 1.83. The number of aliphatic hydroxyl groups excluding tert-OH is 3. The second kappa shape index (κ2) is 10.1. The minimum absolute atomic E-state index is 0.0110. The highest BCUT2D eigenvalue weighted by Crippen LogP contribution is 2.61. The monoisotopic (exact) mass is 600 g/mol. The highest BCUT2D eigenvalue weighted by atomic mass is 16.5. The molecule has 8 heteroatoms. The number of aliphatic hydroxyl groups is 3. The summed E-state index contributed by atoms with van der Waals surface area (Å²) in [4.78, 5) is 17.1. The number of likely N-dealkylation sites (N-methyl/N-ethyl adjacent to an activating group) is 2. The van der Waals surface area contributed by atoms with Gasteiger partial charge in [0, 0.05) is 63.9 Å². The lowest BCUT2D eigenvalue weighted by Crippen LogP contribution is -2.64. The van der Waals surface area contributed by atoms with Gasteiger partial charge in [-0.1, -0.05) is 36.4 Å². The number of carbonyl (C=O) groups is 1. The first kappa shape index (κ1) is 28.7. The molecule has 9 rings (SSSR count). The van der Waals surface area contributed by atoms with E-state index in [1.54, 1.807) is 0 Å². The highest BCUT2D eigenvalue weighted by Gasteiger charge is 2.64. The number of piperidine rings is 2. The van der Waals surface area contributed by atoms with Crippen molar-refractivity contribution in [3.05, 3.63) is 69.8 Å². The summed E-state index contributed by atoms with van der Waals surface area (Å²) in [5.41, 5.74) is 5.87. The molecule has 3 aliphatic heterocycles. The summed E-state index contributed by atoms with van der Waals surface area (Å²) in [5.74, 6) is 2.24.